The van der Waals surface area contributed by atoms with Crippen molar-refractivity contribution >= 4 is 5.91 Å². The van der Waals surface area contributed by atoms with Crippen LogP contribution in [0.1, 0.15) is 361 Å². The fraction of sp³-hybridized carbons (Fsp3) is 0.924. The van der Waals surface area contributed by atoms with Gasteiger partial charge in [-0.25, -0.2) is 0 Å². The van der Waals surface area contributed by atoms with E-state index in [1.807, 2.05) is 0 Å². The van der Waals surface area contributed by atoms with Gasteiger partial charge in [-0.1, -0.05) is 334 Å². The minimum atomic E-state index is -1.29. The van der Waals surface area contributed by atoms with Crippen molar-refractivity contribution in [1.82, 2.24) is 5.32 Å². The molecule has 0 fully saturated rings. The van der Waals surface area contributed by atoms with Gasteiger partial charge in [-0.15, -0.1) is 0 Å². The first-order valence-electron chi connectivity index (χ1n) is 32.7. The molecule has 0 saturated heterocycles. The van der Waals surface area contributed by atoms with E-state index in [-0.39, 0.29) is 0 Å². The van der Waals surface area contributed by atoms with Crippen LogP contribution in [0.25, 0.3) is 0 Å². The maximum atomic E-state index is 12.6. The average molecular weight is 1020 g/mol. The summed E-state index contributed by atoms with van der Waals surface area (Å²) in [6, 6.07) is -1.01. The van der Waals surface area contributed by atoms with Gasteiger partial charge in [0.25, 0.3) is 0 Å². The monoisotopic (exact) mass is 1020 g/mol. The third kappa shape index (κ3) is 53.6. The number of carbonyl (C=O) groups excluding carboxylic acids is 1. The summed E-state index contributed by atoms with van der Waals surface area (Å²) in [5.41, 5.74) is 0. The molecule has 0 aliphatic carbocycles. The van der Waals surface area contributed by atoms with Crippen LogP contribution in [0.3, 0.4) is 0 Å². The first-order chi connectivity index (χ1) is 35.5. The number of nitrogens with one attached hydrogen (secondary N) is 1. The van der Waals surface area contributed by atoms with Crippen molar-refractivity contribution in [3.05, 3.63) is 24.3 Å². The van der Waals surface area contributed by atoms with Crippen LogP contribution in [0, 0.1) is 0 Å². The molecule has 0 saturated carbocycles. The molecule has 1 amide bonds. The normalized spacial score (nSPS) is 13.7. The molecule has 0 rings (SSSR count). The van der Waals surface area contributed by atoms with E-state index in [1.54, 1.807) is 0 Å². The standard InChI is InChI=1S/C66H129NO5/c1-3-5-7-9-11-13-15-17-19-21-23-25-26-27-28-29-30-31-32-33-34-35-36-37-38-39-40-42-44-46-48-50-52-54-56-58-60-64(70)66(72)67-62(61-68)65(71)63(69)59-57-55-53-51-49-47-45-43-41-24-22-20-18-16-14-12-10-8-6-4-2/h43,45,51,53,62-65,68-71H,3-42,44,46-50,52,54-61H2,1-2H3,(H,67,72)/b45-43+,53-51+. The molecule has 6 nitrogen and oxygen atoms in total. The predicted octanol–water partition coefficient (Wildman–Crippen LogP) is 19.8. The van der Waals surface area contributed by atoms with E-state index >= 15 is 0 Å². The highest BCUT2D eigenvalue weighted by Gasteiger charge is 2.28. The molecule has 0 aromatic carbocycles. The third-order valence-corrected chi connectivity index (χ3v) is 15.6. The SMILES string of the molecule is CCCCCCCCCCCCC/C=C/CC/C=C/CCCC(O)C(O)C(CO)NC(=O)C(O)CCCCCCCCCCCCCCCCCCCCCCCCCCCCCCCCCCCCCC. The zero-order chi connectivity index (χ0) is 52.3. The van der Waals surface area contributed by atoms with Crippen molar-refractivity contribution in [1.29, 1.82) is 0 Å². The molecule has 0 aromatic heterocycles. The number of aliphatic hydroxyl groups excluding tert-OH is 4. The Balaban J connectivity index is 3.54. The molecule has 0 bridgehead atoms. The number of hydrogen-bond donors (Lipinski definition) is 5. The lowest BCUT2D eigenvalue weighted by atomic mass is 10.00. The summed E-state index contributed by atoms with van der Waals surface area (Å²) in [4.78, 5) is 12.6. The molecule has 5 N–H and O–H groups in total. The summed E-state index contributed by atoms with van der Waals surface area (Å²) in [6.45, 7) is 4.08. The molecule has 72 heavy (non-hydrogen) atoms. The summed E-state index contributed by atoms with van der Waals surface area (Å²) in [7, 11) is 0. The van der Waals surface area contributed by atoms with Crippen molar-refractivity contribution < 1.29 is 25.2 Å². The van der Waals surface area contributed by atoms with Gasteiger partial charge in [0.1, 0.15) is 12.2 Å². The Morgan fingerprint density at radius 1 is 0.333 bits per heavy atom. The topological polar surface area (TPSA) is 110 Å². The lowest BCUT2D eigenvalue weighted by Crippen LogP contribution is -2.53. The van der Waals surface area contributed by atoms with Crippen LogP contribution in [-0.2, 0) is 4.79 Å². The molecular formula is C66H129NO5. The van der Waals surface area contributed by atoms with Gasteiger partial charge in [0.2, 0.25) is 5.91 Å². The van der Waals surface area contributed by atoms with E-state index in [1.165, 1.54) is 289 Å². The van der Waals surface area contributed by atoms with Crippen LogP contribution in [-0.4, -0.2) is 57.3 Å². The van der Waals surface area contributed by atoms with E-state index in [9.17, 15) is 25.2 Å². The molecule has 4 unspecified atom stereocenters. The Morgan fingerprint density at radius 3 is 0.875 bits per heavy atom. The van der Waals surface area contributed by atoms with Crippen LogP contribution in [0.4, 0.5) is 0 Å². The van der Waals surface area contributed by atoms with Gasteiger partial charge in [-0.05, 0) is 51.4 Å². The number of amides is 1. The highest BCUT2D eigenvalue weighted by Crippen LogP contribution is 2.19. The van der Waals surface area contributed by atoms with Gasteiger partial charge in [-0.2, -0.15) is 0 Å². The largest absolute Gasteiger partial charge is 0.394 e. The molecule has 6 heteroatoms. The Kier molecular flexibility index (Phi) is 59.6. The molecule has 0 aliphatic heterocycles. The lowest BCUT2D eigenvalue weighted by molar-refractivity contribution is -0.132. The van der Waals surface area contributed by atoms with E-state index in [4.69, 9.17) is 0 Å². The quantitative estimate of drug-likeness (QED) is 0.0308. The van der Waals surface area contributed by atoms with E-state index in [0.717, 1.165) is 38.5 Å². The first-order valence-corrected chi connectivity index (χ1v) is 32.7. The number of aliphatic hydroxyl groups is 4. The van der Waals surface area contributed by atoms with Gasteiger partial charge in [0, 0.05) is 0 Å². The second kappa shape index (κ2) is 60.7. The van der Waals surface area contributed by atoms with Crippen molar-refractivity contribution in [3.8, 4) is 0 Å². The van der Waals surface area contributed by atoms with Crippen molar-refractivity contribution in [2.75, 3.05) is 6.61 Å². The fourth-order valence-electron chi connectivity index (χ4n) is 10.5. The van der Waals surface area contributed by atoms with Crippen molar-refractivity contribution in [2.24, 2.45) is 0 Å². The first kappa shape index (κ1) is 70.8. The smallest absolute Gasteiger partial charge is 0.249 e. The van der Waals surface area contributed by atoms with Crippen LogP contribution in [0.15, 0.2) is 24.3 Å². The summed E-state index contributed by atoms with van der Waals surface area (Å²) in [5, 5.41) is 44.0. The molecule has 0 spiro atoms. The molecule has 0 radical (unpaired) electrons. The minimum absolute atomic E-state index is 0.365. The number of carbonyl (C=O) groups is 1. The van der Waals surface area contributed by atoms with Crippen molar-refractivity contribution in [3.63, 3.8) is 0 Å². The van der Waals surface area contributed by atoms with Gasteiger partial charge in [0.05, 0.1) is 18.8 Å². The van der Waals surface area contributed by atoms with E-state index in [2.05, 4.69) is 43.5 Å². The van der Waals surface area contributed by atoms with Gasteiger partial charge in [0.15, 0.2) is 0 Å². The molecule has 0 heterocycles. The maximum absolute atomic E-state index is 12.6. The van der Waals surface area contributed by atoms with Crippen LogP contribution in [0.5, 0.6) is 0 Å². The number of rotatable bonds is 61. The Bertz CT molecular complexity index is 1100. The minimum Gasteiger partial charge on any atom is -0.394 e. The number of hydrogen-bond acceptors (Lipinski definition) is 5. The molecule has 0 aromatic rings. The van der Waals surface area contributed by atoms with E-state index < -0.39 is 36.9 Å². The van der Waals surface area contributed by atoms with Gasteiger partial charge >= 0.3 is 0 Å². The molecule has 4 atom stereocenters. The third-order valence-electron chi connectivity index (χ3n) is 15.6. The average Bonchev–Trinajstić information content (AvgIpc) is 3.39. The summed E-state index contributed by atoms with van der Waals surface area (Å²) in [5.74, 6) is -0.590. The number of allylic oxidation sites excluding steroid dienone is 4. The summed E-state index contributed by atoms with van der Waals surface area (Å²) in [6.07, 6.45) is 75.8. The van der Waals surface area contributed by atoms with Crippen LogP contribution >= 0.6 is 0 Å². The van der Waals surface area contributed by atoms with Crippen molar-refractivity contribution in [2.45, 2.75) is 385 Å². The lowest BCUT2D eigenvalue weighted by Gasteiger charge is -2.27. The summed E-state index contributed by atoms with van der Waals surface area (Å²) < 4.78 is 0. The Hall–Kier alpha value is -1.21. The van der Waals surface area contributed by atoms with E-state index in [0.29, 0.717) is 19.3 Å². The highest BCUT2D eigenvalue weighted by atomic mass is 16.3. The predicted molar refractivity (Wildman–Crippen MR) is 316 cm³/mol. The molecule has 428 valence electrons. The zero-order valence-electron chi connectivity index (χ0n) is 48.7. The van der Waals surface area contributed by atoms with Crippen LogP contribution < -0.4 is 5.32 Å². The highest BCUT2D eigenvalue weighted by molar-refractivity contribution is 5.80. The second-order valence-electron chi connectivity index (χ2n) is 22.8. The second-order valence-corrected chi connectivity index (χ2v) is 22.8. The van der Waals surface area contributed by atoms with Gasteiger partial charge in [-0.3, -0.25) is 4.79 Å². The number of unbranched alkanes of at least 4 members (excludes halogenated alkanes) is 48. The fourth-order valence-corrected chi connectivity index (χ4v) is 10.5. The zero-order valence-corrected chi connectivity index (χ0v) is 48.7. The Labute approximate surface area is 450 Å². The summed E-state index contributed by atoms with van der Waals surface area (Å²) >= 11 is 0. The molecular weight excluding hydrogens is 887 g/mol. The Morgan fingerprint density at radius 2 is 0.583 bits per heavy atom. The van der Waals surface area contributed by atoms with Crippen LogP contribution in [0.2, 0.25) is 0 Å². The maximum Gasteiger partial charge on any atom is 0.249 e. The van der Waals surface area contributed by atoms with Gasteiger partial charge < -0.3 is 25.7 Å². The molecule has 0 aliphatic rings.